The highest BCUT2D eigenvalue weighted by molar-refractivity contribution is 9.10. The molecule has 3 aliphatic rings. The summed E-state index contributed by atoms with van der Waals surface area (Å²) >= 11 is 3.70. The van der Waals surface area contributed by atoms with Crippen LogP contribution in [0.3, 0.4) is 0 Å². The van der Waals surface area contributed by atoms with Gasteiger partial charge in [-0.15, -0.1) is 0 Å². The molecule has 1 spiro atoms. The van der Waals surface area contributed by atoms with Crippen LogP contribution >= 0.6 is 15.9 Å². The van der Waals surface area contributed by atoms with E-state index in [-0.39, 0.29) is 16.9 Å². The smallest absolute Gasteiger partial charge is 0.162 e. The van der Waals surface area contributed by atoms with Gasteiger partial charge in [-0.2, -0.15) is 0 Å². The Hall–Kier alpha value is -0.740. The number of benzene rings is 1. The summed E-state index contributed by atoms with van der Waals surface area (Å²) in [5.74, 6) is 1.75. The molecule has 1 heterocycles. The van der Waals surface area contributed by atoms with Gasteiger partial charge in [0.05, 0.1) is 13.2 Å². The zero-order valence-corrected chi connectivity index (χ0v) is 13.3. The van der Waals surface area contributed by atoms with Crippen molar-refractivity contribution in [2.75, 3.05) is 13.2 Å². The van der Waals surface area contributed by atoms with Gasteiger partial charge in [0, 0.05) is 21.3 Å². The first kappa shape index (κ1) is 13.0. The number of hydrogen-bond acceptors (Lipinski definition) is 3. The molecule has 20 heavy (non-hydrogen) atoms. The molecule has 1 unspecified atom stereocenters. The van der Waals surface area contributed by atoms with Gasteiger partial charge in [0.2, 0.25) is 0 Å². The van der Waals surface area contributed by atoms with Crippen LogP contribution in [0.1, 0.15) is 38.2 Å². The SMILES string of the molecule is CC(N)C1(c2cc3c(cc2Br)OCC2(CC2)CO3)CC1. The summed E-state index contributed by atoms with van der Waals surface area (Å²) in [5, 5.41) is 0. The van der Waals surface area contributed by atoms with E-state index in [0.717, 1.165) is 42.0 Å². The lowest BCUT2D eigenvalue weighted by molar-refractivity contribution is 0.197. The highest BCUT2D eigenvalue weighted by atomic mass is 79.9. The number of rotatable bonds is 2. The normalized spacial score (nSPS) is 25.9. The van der Waals surface area contributed by atoms with Crippen molar-refractivity contribution in [3.8, 4) is 11.5 Å². The molecule has 3 nitrogen and oxygen atoms in total. The molecule has 1 aliphatic heterocycles. The van der Waals surface area contributed by atoms with Gasteiger partial charge in [-0.05, 0) is 50.3 Å². The molecule has 2 fully saturated rings. The Morgan fingerprint density at radius 1 is 1.10 bits per heavy atom. The lowest BCUT2D eigenvalue weighted by Crippen LogP contribution is -2.31. The second-order valence-corrected chi connectivity index (χ2v) is 7.66. The highest BCUT2D eigenvalue weighted by Crippen LogP contribution is 2.55. The van der Waals surface area contributed by atoms with E-state index >= 15 is 0 Å². The Bertz CT molecular complexity index is 562. The van der Waals surface area contributed by atoms with Gasteiger partial charge in [-0.1, -0.05) is 15.9 Å². The third-order valence-electron chi connectivity index (χ3n) is 5.25. The van der Waals surface area contributed by atoms with Gasteiger partial charge in [0.1, 0.15) is 0 Å². The van der Waals surface area contributed by atoms with Crippen LogP contribution in [-0.4, -0.2) is 19.3 Å². The molecular weight excluding hydrogens is 318 g/mol. The molecule has 108 valence electrons. The second kappa shape index (κ2) is 4.14. The Balaban J connectivity index is 1.72. The van der Waals surface area contributed by atoms with Crippen molar-refractivity contribution in [3.05, 3.63) is 22.2 Å². The van der Waals surface area contributed by atoms with Crippen LogP contribution in [-0.2, 0) is 5.41 Å². The molecule has 4 rings (SSSR count). The van der Waals surface area contributed by atoms with Crippen LogP contribution < -0.4 is 15.2 Å². The number of fused-ring (bicyclic) bond motifs is 1. The van der Waals surface area contributed by atoms with Crippen LogP contribution in [0.25, 0.3) is 0 Å². The number of ether oxygens (including phenoxy) is 2. The zero-order chi connectivity index (χ0) is 14.0. The van der Waals surface area contributed by atoms with Gasteiger partial charge in [-0.3, -0.25) is 0 Å². The monoisotopic (exact) mass is 337 g/mol. The van der Waals surface area contributed by atoms with E-state index in [1.807, 2.05) is 0 Å². The molecule has 2 saturated carbocycles. The summed E-state index contributed by atoms with van der Waals surface area (Å²) in [6.07, 6.45) is 4.76. The van der Waals surface area contributed by atoms with Crippen LogP contribution in [0.2, 0.25) is 0 Å². The molecule has 0 aromatic heterocycles. The summed E-state index contributed by atoms with van der Waals surface area (Å²) in [6, 6.07) is 4.38. The number of hydrogen-bond donors (Lipinski definition) is 1. The van der Waals surface area contributed by atoms with Crippen molar-refractivity contribution in [2.45, 2.75) is 44.1 Å². The molecule has 2 N–H and O–H groups in total. The first-order chi connectivity index (χ1) is 9.55. The predicted octanol–water partition coefficient (Wildman–Crippen LogP) is 3.38. The maximum absolute atomic E-state index is 6.20. The minimum Gasteiger partial charge on any atom is -0.489 e. The van der Waals surface area contributed by atoms with E-state index in [0.29, 0.717) is 0 Å². The highest BCUT2D eigenvalue weighted by Gasteiger charge is 2.50. The van der Waals surface area contributed by atoms with Crippen molar-refractivity contribution in [1.29, 1.82) is 0 Å². The quantitative estimate of drug-likeness (QED) is 0.899. The lowest BCUT2D eigenvalue weighted by atomic mass is 9.89. The summed E-state index contributed by atoms with van der Waals surface area (Å²) < 4.78 is 13.1. The molecule has 1 aromatic carbocycles. The van der Waals surface area contributed by atoms with Crippen molar-refractivity contribution in [1.82, 2.24) is 0 Å². The first-order valence-electron chi connectivity index (χ1n) is 7.40. The van der Waals surface area contributed by atoms with Gasteiger partial charge >= 0.3 is 0 Å². The maximum Gasteiger partial charge on any atom is 0.162 e. The van der Waals surface area contributed by atoms with Crippen molar-refractivity contribution >= 4 is 15.9 Å². The van der Waals surface area contributed by atoms with Gasteiger partial charge < -0.3 is 15.2 Å². The average Bonchev–Trinajstić information content (AvgIpc) is 3.30. The summed E-state index contributed by atoms with van der Waals surface area (Å²) in [7, 11) is 0. The molecule has 1 atom stereocenters. The fraction of sp³-hybridized carbons (Fsp3) is 0.625. The van der Waals surface area contributed by atoms with Crippen LogP contribution in [0.4, 0.5) is 0 Å². The molecule has 4 heteroatoms. The average molecular weight is 338 g/mol. The molecule has 0 amide bonds. The maximum atomic E-state index is 6.20. The van der Waals surface area contributed by atoms with Crippen LogP contribution in [0.5, 0.6) is 11.5 Å². The van der Waals surface area contributed by atoms with Gasteiger partial charge in [-0.25, -0.2) is 0 Å². The Labute approximate surface area is 127 Å². The Morgan fingerprint density at radius 2 is 1.70 bits per heavy atom. The number of nitrogens with two attached hydrogens (primary N) is 1. The molecular formula is C16H20BrNO2. The lowest BCUT2D eigenvalue weighted by Gasteiger charge is -2.23. The van der Waals surface area contributed by atoms with Crippen molar-refractivity contribution < 1.29 is 9.47 Å². The van der Waals surface area contributed by atoms with E-state index in [2.05, 4.69) is 35.0 Å². The third kappa shape index (κ3) is 1.88. The molecule has 0 saturated heterocycles. The first-order valence-corrected chi connectivity index (χ1v) is 8.19. The van der Waals surface area contributed by atoms with Gasteiger partial charge in [0.15, 0.2) is 11.5 Å². The van der Waals surface area contributed by atoms with E-state index in [9.17, 15) is 0 Å². The topological polar surface area (TPSA) is 44.5 Å². The van der Waals surface area contributed by atoms with E-state index in [1.54, 1.807) is 0 Å². The van der Waals surface area contributed by atoms with Crippen LogP contribution in [0, 0.1) is 5.41 Å². The van der Waals surface area contributed by atoms with E-state index in [1.165, 1.54) is 18.4 Å². The zero-order valence-electron chi connectivity index (χ0n) is 11.7. The van der Waals surface area contributed by atoms with E-state index in [4.69, 9.17) is 15.2 Å². The predicted molar refractivity (Wildman–Crippen MR) is 81.4 cm³/mol. The minimum atomic E-state index is 0.126. The summed E-state index contributed by atoms with van der Waals surface area (Å²) in [5.41, 5.74) is 7.89. The standard InChI is InChI=1S/C16H20BrNO2/c1-10(18)16(4-5-16)11-6-13-14(7-12(11)17)20-9-15(2-3-15)8-19-13/h6-7,10H,2-5,8-9,18H2,1H3. The Morgan fingerprint density at radius 3 is 2.20 bits per heavy atom. The second-order valence-electron chi connectivity index (χ2n) is 6.80. The fourth-order valence-corrected chi connectivity index (χ4v) is 3.93. The number of halogens is 1. The minimum absolute atomic E-state index is 0.126. The Kier molecular flexibility index (Phi) is 2.68. The molecule has 1 aromatic rings. The van der Waals surface area contributed by atoms with Crippen LogP contribution in [0.15, 0.2) is 16.6 Å². The van der Waals surface area contributed by atoms with Gasteiger partial charge in [0.25, 0.3) is 0 Å². The van der Waals surface area contributed by atoms with Crippen molar-refractivity contribution in [3.63, 3.8) is 0 Å². The summed E-state index contributed by atoms with van der Waals surface area (Å²) in [4.78, 5) is 0. The largest absolute Gasteiger partial charge is 0.489 e. The molecule has 0 bridgehead atoms. The van der Waals surface area contributed by atoms with Crippen molar-refractivity contribution in [2.24, 2.45) is 11.1 Å². The van der Waals surface area contributed by atoms with E-state index < -0.39 is 0 Å². The molecule has 2 aliphatic carbocycles. The fourth-order valence-electron chi connectivity index (χ4n) is 3.22. The third-order valence-corrected chi connectivity index (χ3v) is 5.91. The molecule has 0 radical (unpaired) electrons. The summed E-state index contributed by atoms with van der Waals surface area (Å²) in [6.45, 7) is 3.66.